The van der Waals surface area contributed by atoms with Crippen molar-refractivity contribution in [2.24, 2.45) is 0 Å². The number of nitriles is 1. The van der Waals surface area contributed by atoms with E-state index >= 15 is 0 Å². The van der Waals surface area contributed by atoms with Gasteiger partial charge in [-0.1, -0.05) is 0 Å². The van der Waals surface area contributed by atoms with Gasteiger partial charge in [0.2, 0.25) is 0 Å². The lowest BCUT2D eigenvalue weighted by Gasteiger charge is -2.42. The Balaban J connectivity index is 2.25. The molecule has 1 N–H and O–H groups in total. The third-order valence-corrected chi connectivity index (χ3v) is 2.47. The van der Waals surface area contributed by atoms with Crippen molar-refractivity contribution < 1.29 is 9.47 Å². The number of methoxy groups -OCH3 is 2. The van der Waals surface area contributed by atoms with Crippen molar-refractivity contribution in [3.05, 3.63) is 0 Å². The molecule has 0 amide bonds. The molecule has 1 saturated carbocycles. The van der Waals surface area contributed by atoms with Crippen LogP contribution in [0.5, 0.6) is 0 Å². The van der Waals surface area contributed by atoms with E-state index in [4.69, 9.17) is 14.7 Å². The quantitative estimate of drug-likeness (QED) is 0.624. The highest BCUT2D eigenvalue weighted by atomic mass is 16.5. The van der Waals surface area contributed by atoms with Gasteiger partial charge >= 0.3 is 0 Å². The van der Waals surface area contributed by atoms with Gasteiger partial charge in [0.05, 0.1) is 18.8 Å². The Kier molecular flexibility index (Phi) is 3.67. The molecule has 4 nitrogen and oxygen atoms in total. The molecule has 0 aromatic rings. The topological polar surface area (TPSA) is 54.3 Å². The number of hydrogen-bond donors (Lipinski definition) is 1. The lowest BCUT2D eigenvalue weighted by Crippen LogP contribution is -2.57. The van der Waals surface area contributed by atoms with E-state index in [0.29, 0.717) is 6.61 Å². The van der Waals surface area contributed by atoms with Crippen LogP contribution in [0.2, 0.25) is 0 Å². The number of hydrogen-bond acceptors (Lipinski definition) is 4. The Bertz CT molecular complexity index is 194. The third-order valence-electron chi connectivity index (χ3n) is 2.47. The molecule has 0 aromatic carbocycles. The molecule has 0 unspecified atom stereocenters. The highest BCUT2D eigenvalue weighted by molar-refractivity contribution is 5.16. The van der Waals surface area contributed by atoms with Crippen molar-refractivity contribution in [2.75, 3.05) is 27.4 Å². The molecule has 1 fully saturated rings. The SMILES string of the molecule is COCCNC1(C#N)CC(OC)C1. The number of nitrogens with one attached hydrogen (secondary N) is 1. The summed E-state index contributed by atoms with van der Waals surface area (Å²) >= 11 is 0. The molecule has 1 aliphatic carbocycles. The maximum absolute atomic E-state index is 8.94. The molecule has 74 valence electrons. The highest BCUT2D eigenvalue weighted by Gasteiger charge is 2.44. The second-order valence-corrected chi connectivity index (χ2v) is 3.38. The number of rotatable bonds is 5. The monoisotopic (exact) mass is 184 g/mol. The first-order chi connectivity index (χ1) is 6.26. The molecule has 0 atom stereocenters. The number of ether oxygens (including phenoxy) is 2. The fraction of sp³-hybridized carbons (Fsp3) is 0.889. The van der Waals surface area contributed by atoms with Crippen molar-refractivity contribution in [3.63, 3.8) is 0 Å². The summed E-state index contributed by atoms with van der Waals surface area (Å²) in [5, 5.41) is 12.1. The normalized spacial score (nSPS) is 32.2. The predicted octanol–water partition coefficient (Wildman–Crippen LogP) is 0.294. The molecular formula is C9H16N2O2. The van der Waals surface area contributed by atoms with Gasteiger partial charge < -0.3 is 9.47 Å². The molecule has 13 heavy (non-hydrogen) atoms. The van der Waals surface area contributed by atoms with E-state index < -0.39 is 0 Å². The summed E-state index contributed by atoms with van der Waals surface area (Å²) in [5.74, 6) is 0. The smallest absolute Gasteiger partial charge is 0.111 e. The van der Waals surface area contributed by atoms with Gasteiger partial charge in [0.1, 0.15) is 5.54 Å². The zero-order valence-corrected chi connectivity index (χ0v) is 8.17. The van der Waals surface area contributed by atoms with Gasteiger partial charge in [-0.2, -0.15) is 5.26 Å². The summed E-state index contributed by atoms with van der Waals surface area (Å²) in [7, 11) is 3.33. The summed E-state index contributed by atoms with van der Waals surface area (Å²) in [5.41, 5.74) is -0.362. The average Bonchev–Trinajstić information content (AvgIpc) is 2.09. The average molecular weight is 184 g/mol. The van der Waals surface area contributed by atoms with Crippen molar-refractivity contribution in [1.82, 2.24) is 5.32 Å². The molecule has 0 spiro atoms. The van der Waals surface area contributed by atoms with E-state index in [2.05, 4.69) is 11.4 Å². The van der Waals surface area contributed by atoms with Gasteiger partial charge in [-0.05, 0) is 0 Å². The lowest BCUT2D eigenvalue weighted by molar-refractivity contribution is -0.00932. The molecular weight excluding hydrogens is 168 g/mol. The van der Waals surface area contributed by atoms with Crippen molar-refractivity contribution in [2.45, 2.75) is 24.5 Å². The standard InChI is InChI=1S/C9H16N2O2/c1-12-4-3-11-9(7-10)5-8(6-9)13-2/h8,11H,3-6H2,1-2H3. The van der Waals surface area contributed by atoms with E-state index in [-0.39, 0.29) is 11.6 Å². The molecule has 0 saturated heterocycles. The van der Waals surface area contributed by atoms with Crippen LogP contribution in [-0.4, -0.2) is 39.0 Å². The fourth-order valence-corrected chi connectivity index (χ4v) is 1.55. The third kappa shape index (κ3) is 2.41. The van der Waals surface area contributed by atoms with Crippen LogP contribution in [0.25, 0.3) is 0 Å². The lowest BCUT2D eigenvalue weighted by atomic mass is 9.75. The first-order valence-corrected chi connectivity index (χ1v) is 4.44. The molecule has 0 radical (unpaired) electrons. The van der Waals surface area contributed by atoms with Crippen LogP contribution in [0.1, 0.15) is 12.8 Å². The Morgan fingerprint density at radius 2 is 2.23 bits per heavy atom. The fourth-order valence-electron chi connectivity index (χ4n) is 1.55. The van der Waals surface area contributed by atoms with E-state index in [1.807, 2.05) is 0 Å². The van der Waals surface area contributed by atoms with E-state index in [9.17, 15) is 0 Å². The molecule has 1 aliphatic rings. The van der Waals surface area contributed by atoms with Crippen molar-refractivity contribution >= 4 is 0 Å². The number of nitrogens with zero attached hydrogens (tertiary/aromatic N) is 1. The Morgan fingerprint density at radius 1 is 1.54 bits per heavy atom. The highest BCUT2D eigenvalue weighted by Crippen LogP contribution is 2.33. The van der Waals surface area contributed by atoms with Crippen LogP contribution in [0.15, 0.2) is 0 Å². The first-order valence-electron chi connectivity index (χ1n) is 4.44. The van der Waals surface area contributed by atoms with Crippen LogP contribution in [-0.2, 0) is 9.47 Å². The van der Waals surface area contributed by atoms with Gasteiger partial charge in [-0.3, -0.25) is 5.32 Å². The van der Waals surface area contributed by atoms with Crippen molar-refractivity contribution in [1.29, 1.82) is 5.26 Å². The van der Waals surface area contributed by atoms with Crippen LogP contribution in [0.3, 0.4) is 0 Å². The molecule has 4 heteroatoms. The summed E-state index contributed by atoms with van der Waals surface area (Å²) < 4.78 is 10.0. The minimum absolute atomic E-state index is 0.245. The van der Waals surface area contributed by atoms with E-state index in [1.165, 1.54) is 0 Å². The Hall–Kier alpha value is -0.630. The summed E-state index contributed by atoms with van der Waals surface area (Å²) in [6.45, 7) is 1.36. The van der Waals surface area contributed by atoms with Gasteiger partial charge in [0.15, 0.2) is 0 Å². The van der Waals surface area contributed by atoms with Gasteiger partial charge in [0, 0.05) is 33.6 Å². The first kappa shape index (κ1) is 10.5. The zero-order valence-electron chi connectivity index (χ0n) is 8.17. The summed E-state index contributed by atoms with van der Waals surface area (Å²) in [4.78, 5) is 0. The minimum atomic E-state index is -0.362. The Morgan fingerprint density at radius 3 is 2.69 bits per heavy atom. The maximum atomic E-state index is 8.94. The molecule has 0 aliphatic heterocycles. The van der Waals surface area contributed by atoms with E-state index in [0.717, 1.165) is 19.4 Å². The largest absolute Gasteiger partial charge is 0.383 e. The van der Waals surface area contributed by atoms with Gasteiger partial charge in [-0.15, -0.1) is 0 Å². The van der Waals surface area contributed by atoms with Crippen LogP contribution in [0.4, 0.5) is 0 Å². The molecule has 0 heterocycles. The molecule has 1 rings (SSSR count). The van der Waals surface area contributed by atoms with Gasteiger partial charge in [-0.25, -0.2) is 0 Å². The Labute approximate surface area is 78.8 Å². The molecule has 0 aromatic heterocycles. The van der Waals surface area contributed by atoms with Crippen LogP contribution >= 0.6 is 0 Å². The second kappa shape index (κ2) is 4.56. The summed E-state index contributed by atoms with van der Waals surface area (Å²) in [6.07, 6.45) is 1.81. The maximum Gasteiger partial charge on any atom is 0.111 e. The van der Waals surface area contributed by atoms with E-state index in [1.54, 1.807) is 14.2 Å². The zero-order chi connectivity index (χ0) is 9.73. The minimum Gasteiger partial charge on any atom is -0.383 e. The molecule has 0 bridgehead atoms. The predicted molar refractivity (Wildman–Crippen MR) is 48.3 cm³/mol. The van der Waals surface area contributed by atoms with Gasteiger partial charge in [0.25, 0.3) is 0 Å². The summed E-state index contributed by atoms with van der Waals surface area (Å²) in [6, 6.07) is 2.29. The second-order valence-electron chi connectivity index (χ2n) is 3.38. The van der Waals surface area contributed by atoms with Crippen molar-refractivity contribution in [3.8, 4) is 6.07 Å². The van der Waals surface area contributed by atoms with Crippen LogP contribution < -0.4 is 5.32 Å². The van der Waals surface area contributed by atoms with Crippen LogP contribution in [0, 0.1) is 11.3 Å².